The van der Waals surface area contributed by atoms with Gasteiger partial charge >= 0.3 is 5.97 Å². The smallest absolute Gasteiger partial charge is 0.329 e. The van der Waals surface area contributed by atoms with Crippen LogP contribution < -0.4 is 5.32 Å². The number of carboxylic acids is 1. The summed E-state index contributed by atoms with van der Waals surface area (Å²) < 4.78 is 5.30. The van der Waals surface area contributed by atoms with E-state index in [0.717, 1.165) is 38.6 Å². The Labute approximate surface area is 119 Å². The molecule has 6 heteroatoms. The molecule has 2 aliphatic heterocycles. The number of aliphatic carboxylic acids is 1. The zero-order chi connectivity index (χ0) is 14.6. The molecule has 0 aromatic carbocycles. The van der Waals surface area contributed by atoms with Crippen LogP contribution in [0.25, 0.3) is 0 Å². The van der Waals surface area contributed by atoms with Crippen molar-refractivity contribution < 1.29 is 19.4 Å². The van der Waals surface area contributed by atoms with Crippen LogP contribution in [0.15, 0.2) is 0 Å². The van der Waals surface area contributed by atoms with Gasteiger partial charge in [-0.1, -0.05) is 6.92 Å². The van der Waals surface area contributed by atoms with Gasteiger partial charge < -0.3 is 20.1 Å². The van der Waals surface area contributed by atoms with Gasteiger partial charge in [0.25, 0.3) is 0 Å². The molecule has 0 spiro atoms. The molecule has 20 heavy (non-hydrogen) atoms. The van der Waals surface area contributed by atoms with Crippen LogP contribution in [0.3, 0.4) is 0 Å². The van der Waals surface area contributed by atoms with E-state index in [4.69, 9.17) is 9.84 Å². The highest BCUT2D eigenvalue weighted by molar-refractivity contribution is 5.86. The third-order valence-electron chi connectivity index (χ3n) is 4.43. The standard InChI is InChI=1S/C14H24N2O4/c1-2-14(6-3-7-15-14)13(19)16-8-4-11(5-9-16)20-10-12(17)18/h11,15H,2-10H2,1H3,(H,17,18). The van der Waals surface area contributed by atoms with Crippen LogP contribution in [-0.4, -0.2) is 59.8 Å². The van der Waals surface area contributed by atoms with E-state index in [1.807, 2.05) is 4.90 Å². The van der Waals surface area contributed by atoms with E-state index in [1.165, 1.54) is 0 Å². The molecule has 0 radical (unpaired) electrons. The van der Waals surface area contributed by atoms with Crippen LogP contribution >= 0.6 is 0 Å². The van der Waals surface area contributed by atoms with Crippen molar-refractivity contribution >= 4 is 11.9 Å². The second-order valence-electron chi connectivity index (χ2n) is 5.66. The Hall–Kier alpha value is -1.14. The summed E-state index contributed by atoms with van der Waals surface area (Å²) in [5, 5.41) is 12.0. The molecule has 2 aliphatic rings. The normalized spacial score (nSPS) is 27.8. The molecule has 6 nitrogen and oxygen atoms in total. The first-order valence-corrected chi connectivity index (χ1v) is 7.45. The maximum absolute atomic E-state index is 12.7. The number of carboxylic acid groups (broad SMARTS) is 1. The van der Waals surface area contributed by atoms with Crippen molar-refractivity contribution in [2.45, 2.75) is 50.7 Å². The van der Waals surface area contributed by atoms with Crippen molar-refractivity contribution in [3.8, 4) is 0 Å². The number of nitrogens with zero attached hydrogens (tertiary/aromatic N) is 1. The topological polar surface area (TPSA) is 78.9 Å². The lowest BCUT2D eigenvalue weighted by atomic mass is 9.91. The summed E-state index contributed by atoms with van der Waals surface area (Å²) in [6, 6.07) is 0. The van der Waals surface area contributed by atoms with Gasteiger partial charge in [-0.15, -0.1) is 0 Å². The molecule has 2 fully saturated rings. The number of carbonyl (C=O) groups excluding carboxylic acids is 1. The van der Waals surface area contributed by atoms with Crippen LogP contribution in [0.5, 0.6) is 0 Å². The number of hydrogen-bond donors (Lipinski definition) is 2. The quantitative estimate of drug-likeness (QED) is 0.773. The van der Waals surface area contributed by atoms with Gasteiger partial charge in [0.1, 0.15) is 6.61 Å². The highest BCUT2D eigenvalue weighted by atomic mass is 16.5. The first-order valence-electron chi connectivity index (χ1n) is 7.45. The molecule has 0 bridgehead atoms. The second-order valence-corrected chi connectivity index (χ2v) is 5.66. The number of ether oxygens (including phenoxy) is 1. The number of hydrogen-bond acceptors (Lipinski definition) is 4. The zero-order valence-corrected chi connectivity index (χ0v) is 12.1. The van der Waals surface area contributed by atoms with Gasteiger partial charge in [0.2, 0.25) is 5.91 Å². The maximum Gasteiger partial charge on any atom is 0.329 e. The molecule has 1 unspecified atom stereocenters. The van der Waals surface area contributed by atoms with Crippen molar-refractivity contribution in [2.75, 3.05) is 26.2 Å². The molecule has 1 atom stereocenters. The van der Waals surface area contributed by atoms with Gasteiger partial charge in [0.05, 0.1) is 11.6 Å². The molecule has 2 heterocycles. The summed E-state index contributed by atoms with van der Waals surface area (Å²) in [6.07, 6.45) is 4.19. The van der Waals surface area contributed by atoms with Crippen LogP contribution in [0.1, 0.15) is 39.0 Å². The summed E-state index contributed by atoms with van der Waals surface area (Å²) in [5.74, 6) is -0.738. The fraction of sp³-hybridized carbons (Fsp3) is 0.857. The number of piperidine rings is 1. The Bertz CT molecular complexity index is 358. The molecule has 0 aromatic rings. The maximum atomic E-state index is 12.7. The summed E-state index contributed by atoms with van der Waals surface area (Å²) >= 11 is 0. The first kappa shape index (κ1) is 15.3. The van der Waals surface area contributed by atoms with E-state index in [9.17, 15) is 9.59 Å². The highest BCUT2D eigenvalue weighted by Gasteiger charge is 2.42. The molecule has 2 N–H and O–H groups in total. The minimum Gasteiger partial charge on any atom is -0.480 e. The van der Waals surface area contributed by atoms with Crippen molar-refractivity contribution in [3.05, 3.63) is 0 Å². The van der Waals surface area contributed by atoms with Gasteiger partial charge in [0.15, 0.2) is 0 Å². The third-order valence-corrected chi connectivity index (χ3v) is 4.43. The molecular formula is C14H24N2O4. The van der Waals surface area contributed by atoms with Crippen LogP contribution in [0.4, 0.5) is 0 Å². The van der Waals surface area contributed by atoms with Crippen LogP contribution in [-0.2, 0) is 14.3 Å². The largest absolute Gasteiger partial charge is 0.480 e. The lowest BCUT2D eigenvalue weighted by Gasteiger charge is -2.38. The Balaban J connectivity index is 1.84. The Morgan fingerprint density at radius 1 is 1.40 bits per heavy atom. The number of rotatable bonds is 5. The van der Waals surface area contributed by atoms with Gasteiger partial charge in [-0.2, -0.15) is 0 Å². The molecule has 1 amide bonds. The lowest BCUT2D eigenvalue weighted by Crippen LogP contribution is -2.56. The highest BCUT2D eigenvalue weighted by Crippen LogP contribution is 2.27. The monoisotopic (exact) mass is 284 g/mol. The van der Waals surface area contributed by atoms with Crippen molar-refractivity contribution in [3.63, 3.8) is 0 Å². The van der Waals surface area contributed by atoms with E-state index in [0.29, 0.717) is 13.1 Å². The van der Waals surface area contributed by atoms with Crippen LogP contribution in [0, 0.1) is 0 Å². The van der Waals surface area contributed by atoms with E-state index in [1.54, 1.807) is 0 Å². The van der Waals surface area contributed by atoms with Gasteiger partial charge in [-0.05, 0) is 38.6 Å². The summed E-state index contributed by atoms with van der Waals surface area (Å²) in [5.41, 5.74) is -0.366. The molecule has 0 aliphatic carbocycles. The Kier molecular flexibility index (Phi) is 4.99. The lowest BCUT2D eigenvalue weighted by molar-refractivity contribution is -0.148. The van der Waals surface area contributed by atoms with Gasteiger partial charge in [0, 0.05) is 13.1 Å². The van der Waals surface area contributed by atoms with Crippen LogP contribution in [0.2, 0.25) is 0 Å². The van der Waals surface area contributed by atoms with Crippen molar-refractivity contribution in [1.29, 1.82) is 0 Å². The first-order chi connectivity index (χ1) is 9.57. The Morgan fingerprint density at radius 2 is 2.10 bits per heavy atom. The molecule has 114 valence electrons. The number of amides is 1. The van der Waals surface area contributed by atoms with Crippen molar-refractivity contribution in [2.24, 2.45) is 0 Å². The zero-order valence-electron chi connectivity index (χ0n) is 12.1. The molecule has 2 saturated heterocycles. The second kappa shape index (κ2) is 6.54. The fourth-order valence-electron chi connectivity index (χ4n) is 3.16. The molecular weight excluding hydrogens is 260 g/mol. The summed E-state index contributed by atoms with van der Waals surface area (Å²) in [4.78, 5) is 25.0. The molecule has 0 saturated carbocycles. The van der Waals surface area contributed by atoms with E-state index >= 15 is 0 Å². The summed E-state index contributed by atoms with van der Waals surface area (Å²) in [6.45, 7) is 4.04. The fourth-order valence-corrected chi connectivity index (χ4v) is 3.16. The predicted molar refractivity (Wildman–Crippen MR) is 73.4 cm³/mol. The van der Waals surface area contributed by atoms with Gasteiger partial charge in [-0.25, -0.2) is 4.79 Å². The predicted octanol–water partition coefficient (Wildman–Crippen LogP) is 0.611. The Morgan fingerprint density at radius 3 is 2.60 bits per heavy atom. The average Bonchev–Trinajstić information content (AvgIpc) is 2.95. The minimum absolute atomic E-state index is 0.0377. The average molecular weight is 284 g/mol. The number of nitrogens with one attached hydrogen (secondary N) is 1. The third kappa shape index (κ3) is 3.30. The van der Waals surface area contributed by atoms with Gasteiger partial charge in [-0.3, -0.25) is 4.79 Å². The molecule has 0 aromatic heterocycles. The van der Waals surface area contributed by atoms with E-state index < -0.39 is 5.97 Å². The van der Waals surface area contributed by atoms with E-state index in [-0.39, 0.29) is 24.2 Å². The number of carbonyl (C=O) groups is 2. The molecule has 2 rings (SSSR count). The number of likely N-dealkylation sites (tertiary alicyclic amines) is 1. The van der Waals surface area contributed by atoms with Crippen molar-refractivity contribution in [1.82, 2.24) is 10.2 Å². The summed E-state index contributed by atoms with van der Waals surface area (Å²) in [7, 11) is 0. The minimum atomic E-state index is -0.941. The SMILES string of the molecule is CCC1(C(=O)N2CCC(OCC(=O)O)CC2)CCCN1. The van der Waals surface area contributed by atoms with E-state index in [2.05, 4.69) is 12.2 Å².